The molecule has 0 saturated heterocycles. The number of Topliss-reactive ketones (excluding diaryl/α,β-unsaturated/α-hetero) is 1. The molecule has 4 rings (SSSR count). The van der Waals surface area contributed by atoms with E-state index in [0.717, 1.165) is 32.2 Å². The summed E-state index contributed by atoms with van der Waals surface area (Å²) in [5.74, 6) is 0.0414. The first-order chi connectivity index (χ1) is 15.0. The second-order valence-electron chi connectivity index (χ2n) is 7.67. The number of aromatic nitrogens is 2. The minimum Gasteiger partial charge on any atom is -0.360 e. The number of benzene rings is 1. The lowest BCUT2D eigenvalue weighted by Gasteiger charge is -2.23. The third-order valence-electron chi connectivity index (χ3n) is 5.21. The molecule has 31 heavy (non-hydrogen) atoms. The van der Waals surface area contributed by atoms with Crippen LogP contribution in [0.4, 0.5) is 16.0 Å². The van der Waals surface area contributed by atoms with Crippen LogP contribution in [0, 0.1) is 6.92 Å². The number of ketones is 1. The first kappa shape index (κ1) is 21.9. The number of hydrogen-bond acceptors (Lipinski definition) is 7. The molecule has 1 saturated carbocycles. The second-order valence-corrected chi connectivity index (χ2v) is 9.93. The van der Waals surface area contributed by atoms with Crippen molar-refractivity contribution in [1.82, 2.24) is 15.3 Å². The zero-order chi connectivity index (χ0) is 21.8. The topological polar surface area (TPSA) is 78.9 Å². The summed E-state index contributed by atoms with van der Waals surface area (Å²) < 4.78 is 0. The molecule has 0 aliphatic heterocycles. The minimum atomic E-state index is 0.0414. The smallest absolute Gasteiger partial charge is 0.189 e. The molecule has 1 fully saturated rings. The number of nitrogens with one attached hydrogen (secondary N) is 3. The molecular formula is C22H25N5OS3. The van der Waals surface area contributed by atoms with Crippen LogP contribution in [-0.2, 0) is 0 Å². The number of carbonyl (C=O) groups excluding carboxylic acids is 1. The quantitative estimate of drug-likeness (QED) is 0.294. The highest BCUT2D eigenvalue weighted by Gasteiger charge is 2.17. The van der Waals surface area contributed by atoms with Crippen LogP contribution in [-0.4, -0.2) is 26.9 Å². The Morgan fingerprint density at radius 2 is 1.97 bits per heavy atom. The largest absolute Gasteiger partial charge is 0.360 e. The highest BCUT2D eigenvalue weighted by atomic mass is 32.1. The van der Waals surface area contributed by atoms with Gasteiger partial charge >= 0.3 is 0 Å². The molecule has 2 aromatic heterocycles. The average Bonchev–Trinajstić information content (AvgIpc) is 3.35. The zero-order valence-corrected chi connectivity index (χ0v) is 20.0. The number of rotatable bonds is 6. The van der Waals surface area contributed by atoms with E-state index in [1.165, 1.54) is 43.4 Å². The summed E-state index contributed by atoms with van der Waals surface area (Å²) in [4.78, 5) is 22.0. The molecule has 6 nitrogen and oxygen atoms in total. The summed E-state index contributed by atoms with van der Waals surface area (Å²) in [6.07, 6.45) is 6.20. The monoisotopic (exact) mass is 471 g/mol. The molecule has 1 aliphatic carbocycles. The van der Waals surface area contributed by atoms with E-state index < -0.39 is 0 Å². The lowest BCUT2D eigenvalue weighted by Crippen LogP contribution is -2.38. The van der Waals surface area contributed by atoms with Crippen molar-refractivity contribution in [2.75, 3.05) is 10.6 Å². The molecule has 0 radical (unpaired) electrons. The van der Waals surface area contributed by atoms with Gasteiger partial charge in [0.1, 0.15) is 0 Å². The first-order valence-electron chi connectivity index (χ1n) is 10.4. The van der Waals surface area contributed by atoms with E-state index in [9.17, 15) is 4.79 Å². The lowest BCUT2D eigenvalue weighted by atomic mass is 9.96. The van der Waals surface area contributed by atoms with Crippen molar-refractivity contribution in [3.63, 3.8) is 0 Å². The minimum absolute atomic E-state index is 0.0414. The van der Waals surface area contributed by atoms with Crippen LogP contribution in [0.5, 0.6) is 0 Å². The third kappa shape index (κ3) is 5.66. The fourth-order valence-corrected chi connectivity index (χ4v) is 5.68. The van der Waals surface area contributed by atoms with Crippen LogP contribution >= 0.6 is 34.9 Å². The van der Waals surface area contributed by atoms with Gasteiger partial charge in [-0.2, -0.15) is 0 Å². The molecule has 0 atom stereocenters. The van der Waals surface area contributed by atoms with Crippen LogP contribution in [0.1, 0.15) is 55.1 Å². The summed E-state index contributed by atoms with van der Waals surface area (Å²) in [6.45, 7) is 3.55. The lowest BCUT2D eigenvalue weighted by molar-refractivity contribution is 0.101. The number of aryl methyl sites for hydroxylation is 1. The molecule has 1 aromatic carbocycles. The van der Waals surface area contributed by atoms with Crippen molar-refractivity contribution in [2.45, 2.75) is 52.0 Å². The molecule has 162 valence electrons. The normalized spacial score (nSPS) is 14.3. The highest BCUT2D eigenvalue weighted by molar-refractivity contribution is 7.80. The Morgan fingerprint density at radius 1 is 1.16 bits per heavy atom. The van der Waals surface area contributed by atoms with Crippen molar-refractivity contribution < 1.29 is 4.79 Å². The molecule has 0 bridgehead atoms. The Kier molecular flexibility index (Phi) is 6.94. The molecule has 0 spiro atoms. The van der Waals surface area contributed by atoms with Gasteiger partial charge < -0.3 is 16.0 Å². The van der Waals surface area contributed by atoms with Gasteiger partial charge in [-0.05, 0) is 51.0 Å². The number of thiocarbonyl (C=S) groups is 1. The fourth-order valence-electron chi connectivity index (χ4n) is 3.63. The maximum absolute atomic E-state index is 11.6. The third-order valence-corrected chi connectivity index (χ3v) is 7.29. The molecule has 0 unspecified atom stereocenters. The van der Waals surface area contributed by atoms with Crippen molar-refractivity contribution in [1.29, 1.82) is 0 Å². The van der Waals surface area contributed by atoms with Crippen LogP contribution in [0.2, 0.25) is 0 Å². The van der Waals surface area contributed by atoms with Crippen LogP contribution in [0.15, 0.2) is 29.6 Å². The van der Waals surface area contributed by atoms with Crippen molar-refractivity contribution in [2.24, 2.45) is 0 Å². The van der Waals surface area contributed by atoms with Gasteiger partial charge in [-0.25, -0.2) is 9.97 Å². The predicted octanol–water partition coefficient (Wildman–Crippen LogP) is 6.14. The van der Waals surface area contributed by atoms with Crippen molar-refractivity contribution >= 4 is 61.7 Å². The number of nitrogens with zero attached hydrogens (tertiary/aromatic N) is 2. The second kappa shape index (κ2) is 9.84. The predicted molar refractivity (Wildman–Crippen MR) is 134 cm³/mol. The Bertz CT molecular complexity index is 1080. The summed E-state index contributed by atoms with van der Waals surface area (Å²) in [5, 5.41) is 14.1. The standard InChI is InChI=1S/C22H25N5OS3/c1-13-19(31-22(23-13)27-20(29)24-16-8-4-3-5-9-16)18-12-30-21(26-18)25-17-10-6-7-15(11-17)14(2)28/h6-7,10-12,16H,3-5,8-9H2,1-2H3,(H,25,26)(H2,23,24,27,29). The van der Waals surface area contributed by atoms with E-state index in [4.69, 9.17) is 17.2 Å². The first-order valence-corrected chi connectivity index (χ1v) is 12.5. The van der Waals surface area contributed by atoms with E-state index in [1.807, 2.05) is 36.6 Å². The number of carbonyl (C=O) groups is 1. The highest BCUT2D eigenvalue weighted by Crippen LogP contribution is 2.35. The van der Waals surface area contributed by atoms with E-state index in [-0.39, 0.29) is 5.78 Å². The van der Waals surface area contributed by atoms with E-state index in [2.05, 4.69) is 20.9 Å². The summed E-state index contributed by atoms with van der Waals surface area (Å²) in [7, 11) is 0. The van der Waals surface area contributed by atoms with Gasteiger partial charge in [-0.1, -0.05) is 42.7 Å². The molecule has 3 N–H and O–H groups in total. The Morgan fingerprint density at radius 3 is 2.74 bits per heavy atom. The maximum Gasteiger partial charge on any atom is 0.189 e. The molecular weight excluding hydrogens is 446 g/mol. The number of hydrogen-bond donors (Lipinski definition) is 3. The summed E-state index contributed by atoms with van der Waals surface area (Å²) >= 11 is 8.56. The number of anilines is 3. The fraction of sp³-hybridized carbons (Fsp3) is 0.364. The van der Waals surface area contributed by atoms with E-state index in [1.54, 1.807) is 18.3 Å². The van der Waals surface area contributed by atoms with Crippen LogP contribution in [0.3, 0.4) is 0 Å². The molecule has 2 heterocycles. The SMILES string of the molecule is CC(=O)c1cccc(Nc2nc(-c3sc(NC(=S)NC4CCCCC4)nc3C)cs2)c1. The molecule has 3 aromatic rings. The number of thiazole rings is 2. The zero-order valence-electron chi connectivity index (χ0n) is 17.5. The van der Waals surface area contributed by atoms with Gasteiger partial charge in [0.25, 0.3) is 0 Å². The Hall–Kier alpha value is -2.36. The maximum atomic E-state index is 11.6. The van der Waals surface area contributed by atoms with Gasteiger partial charge in [0, 0.05) is 22.7 Å². The van der Waals surface area contributed by atoms with Gasteiger partial charge in [0.05, 0.1) is 16.3 Å². The van der Waals surface area contributed by atoms with Crippen molar-refractivity contribution in [3.8, 4) is 10.6 Å². The van der Waals surface area contributed by atoms with E-state index >= 15 is 0 Å². The van der Waals surface area contributed by atoms with Gasteiger partial charge in [-0.3, -0.25) is 4.79 Å². The average molecular weight is 472 g/mol. The van der Waals surface area contributed by atoms with Gasteiger partial charge in [-0.15, -0.1) is 11.3 Å². The van der Waals surface area contributed by atoms with Crippen molar-refractivity contribution in [3.05, 3.63) is 40.9 Å². The Labute approximate surface area is 195 Å². The van der Waals surface area contributed by atoms with Gasteiger partial charge in [0.15, 0.2) is 21.2 Å². The Balaban J connectivity index is 1.42. The van der Waals surface area contributed by atoms with Crippen LogP contribution in [0.25, 0.3) is 10.6 Å². The van der Waals surface area contributed by atoms with Gasteiger partial charge in [0.2, 0.25) is 0 Å². The summed E-state index contributed by atoms with van der Waals surface area (Å²) in [5.41, 5.74) is 3.32. The molecule has 1 aliphatic rings. The summed E-state index contributed by atoms with van der Waals surface area (Å²) in [6, 6.07) is 7.90. The molecule has 0 amide bonds. The molecule has 9 heteroatoms. The van der Waals surface area contributed by atoms with Crippen LogP contribution < -0.4 is 16.0 Å². The van der Waals surface area contributed by atoms with E-state index in [0.29, 0.717) is 16.7 Å².